The van der Waals surface area contributed by atoms with Crippen LogP contribution in [0.4, 0.5) is 14.5 Å². The van der Waals surface area contributed by atoms with Crippen molar-refractivity contribution in [2.45, 2.75) is 55.3 Å². The number of aryl methyl sites for hydroxylation is 1. The summed E-state index contributed by atoms with van der Waals surface area (Å²) in [6, 6.07) is 12.3. The first kappa shape index (κ1) is 22.2. The van der Waals surface area contributed by atoms with E-state index in [9.17, 15) is 22.0 Å². The third-order valence-electron chi connectivity index (χ3n) is 8.27. The molecule has 2 heterocycles. The summed E-state index contributed by atoms with van der Waals surface area (Å²) in [7, 11) is -3.95. The van der Waals surface area contributed by atoms with Crippen LogP contribution in [-0.4, -0.2) is 44.2 Å². The summed E-state index contributed by atoms with van der Waals surface area (Å²) >= 11 is 0. The molecule has 3 fully saturated rings. The molecule has 2 unspecified atom stereocenters. The number of fused-ring (bicyclic) bond motifs is 3. The number of sulfonamides is 1. The minimum Gasteiger partial charge on any atom is -0.307 e. The number of benzene rings is 2. The fourth-order valence-corrected chi connectivity index (χ4v) is 7.85. The molecule has 2 aromatic rings. The van der Waals surface area contributed by atoms with E-state index in [-0.39, 0.29) is 29.3 Å². The van der Waals surface area contributed by atoms with E-state index in [0.717, 1.165) is 34.7 Å². The fourth-order valence-electron chi connectivity index (χ4n) is 6.36. The molecule has 2 saturated carbocycles. The van der Waals surface area contributed by atoms with Crippen molar-refractivity contribution in [2.75, 3.05) is 24.5 Å². The summed E-state index contributed by atoms with van der Waals surface area (Å²) in [5.74, 6) is -1.53. The van der Waals surface area contributed by atoms with E-state index in [2.05, 4.69) is 13.0 Å². The van der Waals surface area contributed by atoms with Crippen LogP contribution in [0.1, 0.15) is 53.6 Å². The van der Waals surface area contributed by atoms with Gasteiger partial charge in [0, 0.05) is 49.1 Å². The zero-order valence-electron chi connectivity index (χ0n) is 19.1. The van der Waals surface area contributed by atoms with Crippen LogP contribution in [0.5, 0.6) is 0 Å². The number of rotatable bonds is 3. The smallest absolute Gasteiger partial charge is 0.258 e. The zero-order chi connectivity index (χ0) is 23.9. The van der Waals surface area contributed by atoms with E-state index >= 15 is 0 Å². The van der Waals surface area contributed by atoms with Gasteiger partial charge in [0.2, 0.25) is 10.0 Å². The Morgan fingerprint density at radius 3 is 2.44 bits per heavy atom. The summed E-state index contributed by atoms with van der Waals surface area (Å²) in [4.78, 5) is 15.5. The predicted molar refractivity (Wildman–Crippen MR) is 125 cm³/mol. The third-order valence-corrected chi connectivity index (χ3v) is 10.2. The maximum atomic E-state index is 13.7. The fraction of sp³-hybridized carbons (Fsp3) is 0.500. The Kier molecular flexibility index (Phi) is 4.78. The minimum absolute atomic E-state index is 0.00663. The number of piperidine rings is 1. The summed E-state index contributed by atoms with van der Waals surface area (Å²) in [6.45, 7) is 2.24. The number of amides is 1. The lowest BCUT2D eigenvalue weighted by Crippen LogP contribution is -2.42. The maximum absolute atomic E-state index is 13.7. The van der Waals surface area contributed by atoms with Crippen LogP contribution in [0.25, 0.3) is 0 Å². The van der Waals surface area contributed by atoms with Gasteiger partial charge in [-0.05, 0) is 67.9 Å². The summed E-state index contributed by atoms with van der Waals surface area (Å²) in [5, 5.41) is 0. The molecule has 8 heteroatoms. The molecule has 5 nitrogen and oxygen atoms in total. The van der Waals surface area contributed by atoms with E-state index in [1.54, 1.807) is 12.1 Å². The molecule has 0 N–H and O–H groups in total. The molecule has 2 aliphatic heterocycles. The molecule has 1 amide bonds. The average Bonchev–Trinajstić information content (AvgIpc) is 3.31. The number of hydrogen-bond donors (Lipinski definition) is 0. The van der Waals surface area contributed by atoms with E-state index in [1.807, 2.05) is 17.0 Å². The number of hydrogen-bond acceptors (Lipinski definition) is 3. The molecule has 0 aromatic heterocycles. The Labute approximate surface area is 198 Å². The highest BCUT2D eigenvalue weighted by Crippen LogP contribution is 2.64. The molecule has 0 radical (unpaired) electrons. The largest absolute Gasteiger partial charge is 0.307 e. The van der Waals surface area contributed by atoms with Gasteiger partial charge in [-0.1, -0.05) is 23.8 Å². The zero-order valence-corrected chi connectivity index (χ0v) is 20.0. The van der Waals surface area contributed by atoms with Crippen molar-refractivity contribution in [3.05, 3.63) is 59.2 Å². The van der Waals surface area contributed by atoms with Gasteiger partial charge < -0.3 is 4.90 Å². The van der Waals surface area contributed by atoms with Crippen LogP contribution < -0.4 is 4.90 Å². The lowest BCUT2D eigenvalue weighted by Gasteiger charge is -2.31. The van der Waals surface area contributed by atoms with Gasteiger partial charge in [0.15, 0.2) is 0 Å². The topological polar surface area (TPSA) is 57.7 Å². The Bertz CT molecular complexity index is 1270. The van der Waals surface area contributed by atoms with Gasteiger partial charge in [0.1, 0.15) is 0 Å². The highest BCUT2D eigenvalue weighted by molar-refractivity contribution is 7.89. The molecule has 0 bridgehead atoms. The van der Waals surface area contributed by atoms with Crippen LogP contribution in [-0.2, 0) is 15.4 Å². The van der Waals surface area contributed by atoms with Crippen LogP contribution in [0.15, 0.2) is 47.4 Å². The number of nitrogens with zero attached hydrogens (tertiary/aromatic N) is 2. The van der Waals surface area contributed by atoms with Gasteiger partial charge in [0.05, 0.1) is 4.90 Å². The van der Waals surface area contributed by atoms with Crippen molar-refractivity contribution in [3.8, 4) is 0 Å². The maximum Gasteiger partial charge on any atom is 0.258 e. The van der Waals surface area contributed by atoms with Gasteiger partial charge >= 0.3 is 0 Å². The second-order valence-electron chi connectivity index (χ2n) is 10.6. The lowest BCUT2D eigenvalue weighted by atomic mass is 9.78. The number of alkyl halides is 2. The first-order chi connectivity index (χ1) is 16.1. The number of halogens is 2. The number of anilines is 1. The van der Waals surface area contributed by atoms with Crippen molar-refractivity contribution in [3.63, 3.8) is 0 Å². The van der Waals surface area contributed by atoms with E-state index < -0.39 is 28.8 Å². The molecule has 2 aliphatic carbocycles. The summed E-state index contributed by atoms with van der Waals surface area (Å²) in [5.41, 5.74) is 3.63. The molecule has 180 valence electrons. The van der Waals surface area contributed by atoms with Gasteiger partial charge in [-0.15, -0.1) is 0 Å². The van der Waals surface area contributed by atoms with Crippen LogP contribution in [0, 0.1) is 18.8 Å². The quantitative estimate of drug-likeness (QED) is 0.630. The Hall–Kier alpha value is -2.32. The van der Waals surface area contributed by atoms with Crippen LogP contribution >= 0.6 is 0 Å². The van der Waals surface area contributed by atoms with Crippen molar-refractivity contribution >= 4 is 21.6 Å². The normalized spacial score (nSPS) is 29.8. The van der Waals surface area contributed by atoms with Gasteiger partial charge in [0.25, 0.3) is 11.8 Å². The molecule has 2 atom stereocenters. The molecule has 4 aliphatic rings. The second kappa shape index (κ2) is 7.34. The Morgan fingerprint density at radius 1 is 1.03 bits per heavy atom. The van der Waals surface area contributed by atoms with E-state index in [0.29, 0.717) is 12.1 Å². The van der Waals surface area contributed by atoms with Gasteiger partial charge in [-0.3, -0.25) is 4.79 Å². The van der Waals surface area contributed by atoms with Crippen molar-refractivity contribution in [1.29, 1.82) is 0 Å². The van der Waals surface area contributed by atoms with Crippen LogP contribution in [0.3, 0.4) is 0 Å². The van der Waals surface area contributed by atoms with Crippen molar-refractivity contribution < 1.29 is 22.0 Å². The molecular weight excluding hydrogens is 458 g/mol. The number of carbonyl (C=O) groups excluding carboxylic acids is 1. The summed E-state index contributed by atoms with van der Waals surface area (Å²) in [6.07, 6.45) is 2.52. The molecule has 2 aromatic carbocycles. The monoisotopic (exact) mass is 486 g/mol. The first-order valence-corrected chi connectivity index (χ1v) is 13.4. The Morgan fingerprint density at radius 2 is 1.74 bits per heavy atom. The first-order valence-electron chi connectivity index (χ1n) is 12.0. The molecule has 6 rings (SSSR count). The SMILES string of the molecule is Cc1ccc2c(c1)C1(CC3CC3C1)CN2C(=O)c1cccc(S(=O)(=O)N2CCC(F)(F)CC2)c1. The minimum atomic E-state index is -3.95. The highest BCUT2D eigenvalue weighted by Gasteiger charge is 2.58. The molecule has 34 heavy (non-hydrogen) atoms. The third kappa shape index (κ3) is 3.49. The summed E-state index contributed by atoms with van der Waals surface area (Å²) < 4.78 is 54.4. The molecular formula is C26H28F2N2O3S. The Balaban J connectivity index is 1.30. The second-order valence-corrected chi connectivity index (χ2v) is 12.6. The molecule has 1 saturated heterocycles. The lowest BCUT2D eigenvalue weighted by molar-refractivity contribution is -0.0412. The highest BCUT2D eigenvalue weighted by atomic mass is 32.2. The van der Waals surface area contributed by atoms with E-state index in [4.69, 9.17) is 0 Å². The molecule has 1 spiro atoms. The van der Waals surface area contributed by atoms with E-state index in [1.165, 1.54) is 29.7 Å². The number of carbonyl (C=O) groups is 1. The van der Waals surface area contributed by atoms with Crippen molar-refractivity contribution in [2.24, 2.45) is 11.8 Å². The predicted octanol–water partition coefficient (Wildman–Crippen LogP) is 4.74. The van der Waals surface area contributed by atoms with Crippen LogP contribution in [0.2, 0.25) is 0 Å². The van der Waals surface area contributed by atoms with Gasteiger partial charge in [-0.2, -0.15) is 4.31 Å². The standard InChI is InChI=1S/C26H28F2N2O3S/c1-17-5-6-23-22(11-17)25(14-19-12-20(19)15-25)16-30(23)24(31)18-3-2-4-21(13-18)34(32,33)29-9-7-26(27,28)8-10-29/h2-6,11,13,19-20H,7-10,12,14-16H2,1H3. The average molecular weight is 487 g/mol. The van der Waals surface area contributed by atoms with Crippen molar-refractivity contribution in [1.82, 2.24) is 4.31 Å². The van der Waals surface area contributed by atoms with Gasteiger partial charge in [-0.25, -0.2) is 17.2 Å².